The van der Waals surface area contributed by atoms with Crippen molar-refractivity contribution in [3.05, 3.63) is 60.2 Å². The molecular weight excluding hydrogens is 298 g/mol. The molecule has 128 valence electrons. The van der Waals surface area contributed by atoms with Gasteiger partial charge in [-0.15, -0.1) is 0 Å². The second kappa shape index (κ2) is 10.5. The Morgan fingerprint density at radius 3 is 2.42 bits per heavy atom. The minimum Gasteiger partial charge on any atom is -0.493 e. The predicted molar refractivity (Wildman–Crippen MR) is 99.5 cm³/mol. The van der Waals surface area contributed by atoms with Crippen molar-refractivity contribution in [2.24, 2.45) is 0 Å². The van der Waals surface area contributed by atoms with Crippen LogP contribution >= 0.6 is 0 Å². The van der Waals surface area contributed by atoms with Crippen molar-refractivity contribution < 1.29 is 9.53 Å². The minimum absolute atomic E-state index is 0.0869. The van der Waals surface area contributed by atoms with Crippen LogP contribution in [0.4, 0.5) is 5.69 Å². The topological polar surface area (TPSA) is 38.3 Å². The normalized spacial score (nSPS) is 10.4. The minimum atomic E-state index is 0.0869. The molecule has 3 nitrogen and oxygen atoms in total. The lowest BCUT2D eigenvalue weighted by Gasteiger charge is -2.08. The van der Waals surface area contributed by atoms with E-state index in [1.54, 1.807) is 0 Å². The highest BCUT2D eigenvalue weighted by molar-refractivity contribution is 5.90. The Balaban J connectivity index is 1.69. The molecule has 3 heteroatoms. The van der Waals surface area contributed by atoms with E-state index in [0.29, 0.717) is 13.0 Å². The van der Waals surface area contributed by atoms with Crippen LogP contribution in [0.1, 0.15) is 44.6 Å². The number of hydrogen-bond donors (Lipinski definition) is 1. The van der Waals surface area contributed by atoms with Gasteiger partial charge in [0.2, 0.25) is 5.91 Å². The molecule has 0 aliphatic heterocycles. The fraction of sp³-hybridized carbons (Fsp3) is 0.381. The average Bonchev–Trinajstić information content (AvgIpc) is 2.61. The van der Waals surface area contributed by atoms with Crippen LogP contribution in [0.3, 0.4) is 0 Å². The molecule has 2 aromatic carbocycles. The second-order valence-electron chi connectivity index (χ2n) is 5.97. The average molecular weight is 325 g/mol. The van der Waals surface area contributed by atoms with Crippen molar-refractivity contribution in [1.82, 2.24) is 0 Å². The third kappa shape index (κ3) is 6.86. The van der Waals surface area contributed by atoms with Crippen molar-refractivity contribution in [2.75, 3.05) is 11.9 Å². The first-order chi connectivity index (χ1) is 11.8. The zero-order chi connectivity index (χ0) is 17.0. The van der Waals surface area contributed by atoms with Gasteiger partial charge >= 0.3 is 0 Å². The molecule has 0 saturated heterocycles. The lowest BCUT2D eigenvalue weighted by molar-refractivity contribution is -0.116. The van der Waals surface area contributed by atoms with E-state index in [0.717, 1.165) is 30.7 Å². The largest absolute Gasteiger partial charge is 0.493 e. The molecule has 0 atom stereocenters. The van der Waals surface area contributed by atoms with E-state index < -0.39 is 0 Å². The lowest BCUT2D eigenvalue weighted by Crippen LogP contribution is -2.11. The maximum Gasteiger partial charge on any atom is 0.224 e. The van der Waals surface area contributed by atoms with Gasteiger partial charge in [0, 0.05) is 18.5 Å². The van der Waals surface area contributed by atoms with E-state index in [4.69, 9.17) is 4.74 Å². The summed E-state index contributed by atoms with van der Waals surface area (Å²) in [6, 6.07) is 17.9. The smallest absolute Gasteiger partial charge is 0.224 e. The first kappa shape index (κ1) is 18.1. The molecule has 0 bridgehead atoms. The van der Waals surface area contributed by atoms with Crippen molar-refractivity contribution in [3.63, 3.8) is 0 Å². The van der Waals surface area contributed by atoms with E-state index in [9.17, 15) is 4.79 Å². The molecular formula is C21H27NO2. The summed E-state index contributed by atoms with van der Waals surface area (Å²) in [6.07, 6.45) is 5.94. The van der Waals surface area contributed by atoms with Crippen LogP contribution in [0.5, 0.6) is 5.75 Å². The van der Waals surface area contributed by atoms with Crippen LogP contribution in [0.25, 0.3) is 0 Å². The van der Waals surface area contributed by atoms with Gasteiger partial charge < -0.3 is 10.1 Å². The van der Waals surface area contributed by atoms with Gasteiger partial charge in [-0.05, 0) is 36.2 Å². The van der Waals surface area contributed by atoms with Crippen molar-refractivity contribution in [3.8, 4) is 5.75 Å². The Morgan fingerprint density at radius 1 is 0.958 bits per heavy atom. The van der Waals surface area contributed by atoms with E-state index in [2.05, 4.69) is 24.4 Å². The molecule has 2 rings (SSSR count). The standard InChI is InChI=1S/C21H27NO2/c1-2-3-4-8-11-21(23)22-19-12-14-20(15-13-19)24-17-16-18-9-6-5-7-10-18/h5-7,9-10,12-15H,2-4,8,11,16-17H2,1H3,(H,22,23). The third-order valence-corrected chi connectivity index (χ3v) is 3.90. The van der Waals surface area contributed by atoms with Gasteiger partial charge in [0.15, 0.2) is 0 Å². The Labute approximate surface area is 145 Å². The summed E-state index contributed by atoms with van der Waals surface area (Å²) >= 11 is 0. The Morgan fingerprint density at radius 2 is 1.71 bits per heavy atom. The lowest BCUT2D eigenvalue weighted by atomic mass is 10.1. The van der Waals surface area contributed by atoms with E-state index in [-0.39, 0.29) is 5.91 Å². The van der Waals surface area contributed by atoms with E-state index in [1.807, 2.05) is 42.5 Å². The SMILES string of the molecule is CCCCCCC(=O)Nc1ccc(OCCc2ccccc2)cc1. The summed E-state index contributed by atoms with van der Waals surface area (Å²) in [5, 5.41) is 2.93. The number of nitrogens with one attached hydrogen (secondary N) is 1. The molecule has 24 heavy (non-hydrogen) atoms. The molecule has 0 aliphatic carbocycles. The van der Waals surface area contributed by atoms with Crippen LogP contribution in [-0.4, -0.2) is 12.5 Å². The summed E-state index contributed by atoms with van der Waals surface area (Å²) in [7, 11) is 0. The summed E-state index contributed by atoms with van der Waals surface area (Å²) < 4.78 is 5.75. The van der Waals surface area contributed by atoms with Gasteiger partial charge in [0.25, 0.3) is 0 Å². The zero-order valence-electron chi connectivity index (χ0n) is 14.5. The van der Waals surface area contributed by atoms with Crippen molar-refractivity contribution in [2.45, 2.75) is 45.4 Å². The van der Waals surface area contributed by atoms with E-state index in [1.165, 1.54) is 18.4 Å². The van der Waals surface area contributed by atoms with Crippen molar-refractivity contribution in [1.29, 1.82) is 0 Å². The van der Waals surface area contributed by atoms with Gasteiger partial charge in [-0.2, -0.15) is 0 Å². The van der Waals surface area contributed by atoms with Gasteiger partial charge in [-0.1, -0.05) is 56.5 Å². The summed E-state index contributed by atoms with van der Waals surface area (Å²) in [5.74, 6) is 0.913. The molecule has 1 N–H and O–H groups in total. The number of ether oxygens (including phenoxy) is 1. The molecule has 0 spiro atoms. The van der Waals surface area contributed by atoms with Crippen LogP contribution in [0, 0.1) is 0 Å². The maximum absolute atomic E-state index is 11.8. The Hall–Kier alpha value is -2.29. The van der Waals surface area contributed by atoms with Gasteiger partial charge in [0.1, 0.15) is 5.75 Å². The second-order valence-corrected chi connectivity index (χ2v) is 5.97. The highest BCUT2D eigenvalue weighted by Gasteiger charge is 2.02. The van der Waals surface area contributed by atoms with Gasteiger partial charge in [0.05, 0.1) is 6.61 Å². The number of amides is 1. The maximum atomic E-state index is 11.8. The van der Waals surface area contributed by atoms with Gasteiger partial charge in [-0.3, -0.25) is 4.79 Å². The highest BCUT2D eigenvalue weighted by atomic mass is 16.5. The Kier molecular flexibility index (Phi) is 7.88. The van der Waals surface area contributed by atoms with Crippen LogP contribution in [-0.2, 0) is 11.2 Å². The molecule has 0 radical (unpaired) electrons. The number of benzene rings is 2. The van der Waals surface area contributed by atoms with Gasteiger partial charge in [-0.25, -0.2) is 0 Å². The number of anilines is 1. The fourth-order valence-electron chi connectivity index (χ4n) is 2.50. The molecule has 0 heterocycles. The molecule has 0 aromatic heterocycles. The summed E-state index contributed by atoms with van der Waals surface area (Å²) in [4.78, 5) is 11.8. The number of unbranched alkanes of at least 4 members (excludes halogenated alkanes) is 3. The molecule has 0 aliphatic rings. The third-order valence-electron chi connectivity index (χ3n) is 3.90. The van der Waals surface area contributed by atoms with Crippen LogP contribution < -0.4 is 10.1 Å². The molecule has 0 saturated carbocycles. The predicted octanol–water partition coefficient (Wildman–Crippen LogP) is 5.22. The number of carbonyl (C=O) groups is 1. The zero-order valence-corrected chi connectivity index (χ0v) is 14.5. The quantitative estimate of drug-likeness (QED) is 0.608. The number of rotatable bonds is 10. The molecule has 2 aromatic rings. The first-order valence-electron chi connectivity index (χ1n) is 8.84. The molecule has 0 unspecified atom stereocenters. The summed E-state index contributed by atoms with van der Waals surface area (Å²) in [6.45, 7) is 2.82. The first-order valence-corrected chi connectivity index (χ1v) is 8.84. The number of hydrogen-bond acceptors (Lipinski definition) is 2. The summed E-state index contributed by atoms with van der Waals surface area (Å²) in [5.41, 5.74) is 2.09. The van der Waals surface area contributed by atoms with Crippen LogP contribution in [0.15, 0.2) is 54.6 Å². The highest BCUT2D eigenvalue weighted by Crippen LogP contribution is 2.16. The monoisotopic (exact) mass is 325 g/mol. The number of carbonyl (C=O) groups excluding carboxylic acids is 1. The van der Waals surface area contributed by atoms with E-state index >= 15 is 0 Å². The fourth-order valence-corrected chi connectivity index (χ4v) is 2.50. The molecule has 1 amide bonds. The Bertz CT molecular complexity index is 593. The van der Waals surface area contributed by atoms with Crippen molar-refractivity contribution >= 4 is 11.6 Å². The van der Waals surface area contributed by atoms with Crippen LogP contribution in [0.2, 0.25) is 0 Å². The molecule has 0 fully saturated rings.